The normalized spacial score (nSPS) is 31.4. The molecule has 16 heavy (non-hydrogen) atoms. The molecule has 4 heteroatoms. The van der Waals surface area contributed by atoms with Crippen molar-refractivity contribution in [2.24, 2.45) is 0 Å². The summed E-state index contributed by atoms with van der Waals surface area (Å²) in [5, 5.41) is 0. The Bertz CT molecular complexity index is 290. The predicted molar refractivity (Wildman–Crippen MR) is 59.0 cm³/mol. The summed E-state index contributed by atoms with van der Waals surface area (Å²) in [5.41, 5.74) is 0. The van der Waals surface area contributed by atoms with E-state index in [-0.39, 0.29) is 23.8 Å². The molecule has 0 aromatic heterocycles. The Balaban J connectivity index is 2.03. The number of carbonyl (C=O) groups excluding carboxylic acids is 2. The van der Waals surface area contributed by atoms with Gasteiger partial charge in [0.25, 0.3) is 0 Å². The lowest BCUT2D eigenvalue weighted by molar-refractivity contribution is -0.144. The van der Waals surface area contributed by atoms with Crippen LogP contribution in [0.1, 0.15) is 39.0 Å². The Morgan fingerprint density at radius 2 is 2.25 bits per heavy atom. The van der Waals surface area contributed by atoms with Crippen molar-refractivity contribution < 1.29 is 14.3 Å². The van der Waals surface area contributed by atoms with Gasteiger partial charge >= 0.3 is 5.97 Å². The molecule has 2 aliphatic heterocycles. The highest BCUT2D eigenvalue weighted by molar-refractivity contribution is 5.78. The zero-order valence-electron chi connectivity index (χ0n) is 9.78. The van der Waals surface area contributed by atoms with Crippen LogP contribution in [0, 0.1) is 0 Å². The third kappa shape index (κ3) is 2.43. The number of carbonyl (C=O) groups is 2. The topological polar surface area (TPSA) is 46.6 Å². The van der Waals surface area contributed by atoms with E-state index in [1.807, 2.05) is 0 Å². The summed E-state index contributed by atoms with van der Waals surface area (Å²) in [7, 11) is 0. The molecule has 0 aromatic rings. The molecule has 4 nitrogen and oxygen atoms in total. The molecule has 90 valence electrons. The van der Waals surface area contributed by atoms with Gasteiger partial charge in [0, 0.05) is 18.9 Å². The van der Waals surface area contributed by atoms with Crippen LogP contribution in [0.5, 0.6) is 0 Å². The van der Waals surface area contributed by atoms with E-state index in [1.54, 1.807) is 6.92 Å². The maximum atomic E-state index is 11.6. The fraction of sp³-hybridized carbons (Fsp3) is 0.833. The van der Waals surface area contributed by atoms with Crippen LogP contribution in [0.4, 0.5) is 0 Å². The van der Waals surface area contributed by atoms with Crippen LogP contribution in [-0.4, -0.2) is 41.9 Å². The van der Waals surface area contributed by atoms with Gasteiger partial charge in [-0.1, -0.05) is 6.42 Å². The molecule has 2 atom stereocenters. The first-order valence-electron chi connectivity index (χ1n) is 6.10. The van der Waals surface area contributed by atoms with Gasteiger partial charge in [0.05, 0.1) is 6.61 Å². The quantitative estimate of drug-likeness (QED) is 0.676. The summed E-state index contributed by atoms with van der Waals surface area (Å²) in [5.74, 6) is 0.110. The Labute approximate surface area is 95.9 Å². The standard InChI is InChI=1S/C12H19NO3/c1-9(14)8-10-4-2-3-6-13(10)11-5-7-16-12(11)15/h10-11H,2-8H2,1H3. The van der Waals surface area contributed by atoms with Crippen LogP contribution < -0.4 is 0 Å². The van der Waals surface area contributed by atoms with Crippen LogP contribution in [0.3, 0.4) is 0 Å². The number of ketones is 1. The van der Waals surface area contributed by atoms with Crippen molar-refractivity contribution in [1.82, 2.24) is 4.90 Å². The Morgan fingerprint density at radius 3 is 2.88 bits per heavy atom. The number of hydrogen-bond donors (Lipinski definition) is 0. The largest absolute Gasteiger partial charge is 0.464 e. The second kappa shape index (κ2) is 4.95. The van der Waals surface area contributed by atoms with Gasteiger partial charge in [0.2, 0.25) is 0 Å². The van der Waals surface area contributed by atoms with Crippen molar-refractivity contribution in [3.8, 4) is 0 Å². The summed E-state index contributed by atoms with van der Waals surface area (Å²) in [6, 6.07) is 0.159. The van der Waals surface area contributed by atoms with Gasteiger partial charge in [-0.25, -0.2) is 0 Å². The summed E-state index contributed by atoms with van der Waals surface area (Å²) in [6.45, 7) is 3.09. The molecule has 2 heterocycles. The third-order valence-corrected chi connectivity index (χ3v) is 3.50. The Hall–Kier alpha value is -0.900. The first kappa shape index (κ1) is 11.6. The average Bonchev–Trinajstić information content (AvgIpc) is 2.64. The van der Waals surface area contributed by atoms with Crippen molar-refractivity contribution in [2.45, 2.75) is 51.1 Å². The molecule has 0 amide bonds. The van der Waals surface area contributed by atoms with Crippen LogP contribution in [0.2, 0.25) is 0 Å². The third-order valence-electron chi connectivity index (χ3n) is 3.50. The van der Waals surface area contributed by atoms with Crippen molar-refractivity contribution in [3.63, 3.8) is 0 Å². The van der Waals surface area contributed by atoms with Crippen LogP contribution in [0.25, 0.3) is 0 Å². The van der Waals surface area contributed by atoms with E-state index in [1.165, 1.54) is 0 Å². The SMILES string of the molecule is CC(=O)CC1CCCCN1C1CCOC1=O. The Kier molecular flexibility index (Phi) is 3.59. The average molecular weight is 225 g/mol. The summed E-state index contributed by atoms with van der Waals surface area (Å²) >= 11 is 0. The summed E-state index contributed by atoms with van der Waals surface area (Å²) in [4.78, 5) is 25.0. The van der Waals surface area contributed by atoms with E-state index >= 15 is 0 Å². The minimum Gasteiger partial charge on any atom is -0.464 e. The second-order valence-corrected chi connectivity index (χ2v) is 4.77. The highest BCUT2D eigenvalue weighted by atomic mass is 16.5. The molecule has 0 aromatic carbocycles. The van der Waals surface area contributed by atoms with Gasteiger partial charge in [-0.3, -0.25) is 14.5 Å². The number of likely N-dealkylation sites (tertiary alicyclic amines) is 1. The van der Waals surface area contributed by atoms with Gasteiger partial charge in [0.1, 0.15) is 11.8 Å². The van der Waals surface area contributed by atoms with Crippen LogP contribution in [-0.2, 0) is 14.3 Å². The smallest absolute Gasteiger partial charge is 0.323 e. The highest BCUT2D eigenvalue weighted by Crippen LogP contribution is 2.26. The lowest BCUT2D eigenvalue weighted by atomic mass is 9.95. The number of ether oxygens (including phenoxy) is 1. The fourth-order valence-electron chi connectivity index (χ4n) is 2.77. The van der Waals surface area contributed by atoms with Gasteiger partial charge in [0.15, 0.2) is 0 Å². The van der Waals surface area contributed by atoms with E-state index in [2.05, 4.69) is 4.90 Å². The molecular weight excluding hydrogens is 206 g/mol. The molecule has 2 aliphatic rings. The molecular formula is C12H19NO3. The molecule has 0 saturated carbocycles. The number of cyclic esters (lactones) is 1. The maximum Gasteiger partial charge on any atom is 0.323 e. The van der Waals surface area contributed by atoms with Crippen molar-refractivity contribution in [2.75, 3.05) is 13.2 Å². The highest BCUT2D eigenvalue weighted by Gasteiger charge is 2.37. The second-order valence-electron chi connectivity index (χ2n) is 4.77. The minimum atomic E-state index is -0.101. The van der Waals surface area contributed by atoms with E-state index < -0.39 is 0 Å². The van der Waals surface area contributed by atoms with Crippen LogP contribution in [0.15, 0.2) is 0 Å². The maximum absolute atomic E-state index is 11.6. The number of nitrogens with zero attached hydrogens (tertiary/aromatic N) is 1. The Morgan fingerprint density at radius 1 is 1.44 bits per heavy atom. The van der Waals surface area contributed by atoms with E-state index in [9.17, 15) is 9.59 Å². The van der Waals surface area contributed by atoms with Gasteiger partial charge in [-0.2, -0.15) is 0 Å². The molecule has 2 rings (SSSR count). The van der Waals surface area contributed by atoms with E-state index in [4.69, 9.17) is 4.74 Å². The zero-order chi connectivity index (χ0) is 11.5. The molecule has 0 radical (unpaired) electrons. The first-order chi connectivity index (χ1) is 7.68. The van der Waals surface area contributed by atoms with Gasteiger partial charge in [-0.05, 0) is 26.3 Å². The number of piperidine rings is 1. The van der Waals surface area contributed by atoms with Gasteiger partial charge in [-0.15, -0.1) is 0 Å². The molecule has 2 fully saturated rings. The van der Waals surface area contributed by atoms with Gasteiger partial charge < -0.3 is 4.74 Å². The number of hydrogen-bond acceptors (Lipinski definition) is 4. The van der Waals surface area contributed by atoms with Crippen LogP contribution >= 0.6 is 0 Å². The fourth-order valence-corrected chi connectivity index (χ4v) is 2.77. The molecule has 2 unspecified atom stereocenters. The van der Waals surface area contributed by atoms with Crippen molar-refractivity contribution >= 4 is 11.8 Å². The molecule has 0 aliphatic carbocycles. The number of rotatable bonds is 3. The predicted octanol–water partition coefficient (Wildman–Crippen LogP) is 1.14. The number of esters is 1. The molecule has 0 bridgehead atoms. The lowest BCUT2D eigenvalue weighted by Crippen LogP contribution is -2.48. The number of Topliss-reactive ketones (excluding diaryl/α,β-unsaturated/α-hetero) is 1. The first-order valence-corrected chi connectivity index (χ1v) is 6.10. The summed E-state index contributed by atoms with van der Waals surface area (Å²) in [6.07, 6.45) is 4.68. The zero-order valence-corrected chi connectivity index (χ0v) is 9.78. The minimum absolute atomic E-state index is 0.0929. The monoisotopic (exact) mass is 225 g/mol. The van der Waals surface area contributed by atoms with E-state index in [0.29, 0.717) is 13.0 Å². The van der Waals surface area contributed by atoms with Crippen molar-refractivity contribution in [1.29, 1.82) is 0 Å². The van der Waals surface area contributed by atoms with E-state index in [0.717, 1.165) is 32.2 Å². The molecule has 0 N–H and O–H groups in total. The van der Waals surface area contributed by atoms with Crippen molar-refractivity contribution in [3.05, 3.63) is 0 Å². The lowest BCUT2D eigenvalue weighted by Gasteiger charge is -2.37. The summed E-state index contributed by atoms with van der Waals surface area (Å²) < 4.78 is 5.01. The molecule has 0 spiro atoms. The molecule has 2 saturated heterocycles.